The van der Waals surface area contributed by atoms with Gasteiger partial charge in [-0.15, -0.1) is 0 Å². The monoisotopic (exact) mass is 270 g/mol. The third kappa shape index (κ3) is 8.86. The van der Waals surface area contributed by atoms with Crippen LogP contribution in [0.25, 0.3) is 0 Å². The molecule has 0 bridgehead atoms. The van der Waals surface area contributed by atoms with E-state index in [1.165, 1.54) is 0 Å². The molecule has 24 valence electrons. The second kappa shape index (κ2) is 16.8. The van der Waals surface area contributed by atoms with Gasteiger partial charge in [-0.05, 0) is 0 Å². The van der Waals surface area contributed by atoms with Crippen molar-refractivity contribution in [2.45, 2.75) is 0 Å². The molecule has 0 N–H and O–H groups in total. The fourth-order valence-electron chi connectivity index (χ4n) is 0. The summed E-state index contributed by atoms with van der Waals surface area (Å²) in [4.78, 5) is 0. The van der Waals surface area contributed by atoms with Crippen LogP contribution < -0.4 is 0 Å². The van der Waals surface area contributed by atoms with Crippen LogP contribution in [0.3, 0.4) is 0 Å². The van der Waals surface area contributed by atoms with Crippen LogP contribution in [0.5, 0.6) is 0 Å². The number of rotatable bonds is 0. The first-order valence-corrected chi connectivity index (χ1v) is 0. The standard InChI is InChI=1S/Ba.2FH.Sr.4H/h;2*1H;;;;;. The Kier molecular flexibility index (Phi) is 120. The normalized spacial score (nSPS) is 0. The van der Waals surface area contributed by atoms with E-state index in [4.69, 9.17) is 0 Å². The van der Waals surface area contributed by atoms with Crippen LogP contribution in [0.4, 0.5) is 9.41 Å². The quantitative estimate of drug-likeness (QED) is 0.468. The SMILES string of the molecule is F.F.[BaH2].[SrH2]. The zero-order valence-electron chi connectivity index (χ0n) is 0.816. The van der Waals surface area contributed by atoms with Gasteiger partial charge in [-0.25, -0.2) is 0 Å². The molecule has 0 heterocycles. The molecule has 0 unspecified atom stereocenters. The molecule has 0 aliphatic heterocycles. The first-order chi connectivity index (χ1) is 0. The van der Waals surface area contributed by atoms with Crippen molar-refractivity contribution in [1.82, 2.24) is 0 Å². The maximum absolute atomic E-state index is 0. The van der Waals surface area contributed by atoms with E-state index in [0.29, 0.717) is 0 Å². The van der Waals surface area contributed by atoms with Crippen LogP contribution in [0.15, 0.2) is 0 Å². The predicted octanol–water partition coefficient (Wildman–Crippen LogP) is -1.53. The van der Waals surface area contributed by atoms with Gasteiger partial charge < -0.3 is 0 Å². The van der Waals surface area contributed by atoms with Crippen LogP contribution in [0.1, 0.15) is 0 Å². The first kappa shape index (κ1) is 28.5. The number of hydrogen-bond acceptors (Lipinski definition) is 0. The summed E-state index contributed by atoms with van der Waals surface area (Å²) < 4.78 is 0. The Bertz CT molecular complexity index is 6.00. The zero-order chi connectivity index (χ0) is 0. The van der Waals surface area contributed by atoms with Crippen molar-refractivity contribution in [2.75, 3.05) is 0 Å². The molecule has 0 nitrogen and oxygen atoms in total. The van der Waals surface area contributed by atoms with Gasteiger partial charge in [-0.3, -0.25) is 9.41 Å². The van der Waals surface area contributed by atoms with E-state index in [1.807, 2.05) is 0 Å². The number of hydrogen-bond donors (Lipinski definition) is 0. The molecule has 0 saturated carbocycles. The van der Waals surface area contributed by atoms with Gasteiger partial charge >= 0.3 is 94.4 Å². The molecule has 4 heavy (non-hydrogen) atoms. The van der Waals surface area contributed by atoms with Crippen molar-refractivity contribution in [3.8, 4) is 0 Å². The van der Waals surface area contributed by atoms with Gasteiger partial charge in [-0.2, -0.15) is 0 Å². The fraction of sp³-hybridized carbons (Fsp3) is 0. The van der Waals surface area contributed by atoms with Gasteiger partial charge in [0.15, 0.2) is 0 Å². The Labute approximate surface area is 101 Å². The van der Waals surface area contributed by atoms with E-state index in [2.05, 4.69) is 0 Å². The Morgan fingerprint density at radius 3 is 0.750 bits per heavy atom. The molecule has 0 aromatic carbocycles. The van der Waals surface area contributed by atoms with Crippen LogP contribution in [-0.2, 0) is 0 Å². The molecule has 0 rings (SSSR count). The molecule has 0 fully saturated rings. The third-order valence-corrected chi connectivity index (χ3v) is 0. The van der Waals surface area contributed by atoms with Crippen molar-refractivity contribution < 1.29 is 9.41 Å². The second-order valence-corrected chi connectivity index (χ2v) is 0. The minimum atomic E-state index is 0. The molecule has 4 heteroatoms. The molecular formula is H6BaF2Sr. The van der Waals surface area contributed by atoms with Crippen LogP contribution in [-0.4, -0.2) is 94.4 Å². The molecule has 0 aliphatic rings. The summed E-state index contributed by atoms with van der Waals surface area (Å²) in [5.41, 5.74) is 0. The minimum absolute atomic E-state index is 0. The van der Waals surface area contributed by atoms with Crippen molar-refractivity contribution in [2.24, 2.45) is 0 Å². The van der Waals surface area contributed by atoms with Gasteiger partial charge in [0.05, 0.1) is 0 Å². The summed E-state index contributed by atoms with van der Waals surface area (Å²) in [7, 11) is 0. The molecular weight excluding hydrogens is 263 g/mol. The molecule has 0 saturated heterocycles. The Hall–Kier alpha value is 2.91. The van der Waals surface area contributed by atoms with Gasteiger partial charge in [0, 0.05) is 0 Å². The van der Waals surface area contributed by atoms with E-state index < -0.39 is 0 Å². The van der Waals surface area contributed by atoms with Gasteiger partial charge in [0.2, 0.25) is 0 Å². The Balaban J connectivity index is 0. The molecule has 0 spiro atoms. The molecule has 0 aromatic rings. The molecule has 0 aromatic heterocycles. The molecule has 0 atom stereocenters. The Morgan fingerprint density at radius 1 is 0.750 bits per heavy atom. The van der Waals surface area contributed by atoms with E-state index in [1.54, 1.807) is 0 Å². The summed E-state index contributed by atoms with van der Waals surface area (Å²) in [5.74, 6) is 0. The van der Waals surface area contributed by atoms with E-state index in [9.17, 15) is 0 Å². The third-order valence-electron chi connectivity index (χ3n) is 0. The van der Waals surface area contributed by atoms with Gasteiger partial charge in [0.1, 0.15) is 0 Å². The van der Waals surface area contributed by atoms with E-state index >= 15 is 0 Å². The maximum atomic E-state index is 0. The fourth-order valence-corrected chi connectivity index (χ4v) is 0. The van der Waals surface area contributed by atoms with Gasteiger partial charge in [-0.1, -0.05) is 0 Å². The first-order valence-electron chi connectivity index (χ1n) is 0. The van der Waals surface area contributed by atoms with Crippen LogP contribution in [0.2, 0.25) is 0 Å². The van der Waals surface area contributed by atoms with E-state index in [0.717, 1.165) is 0 Å². The molecule has 0 radical (unpaired) electrons. The summed E-state index contributed by atoms with van der Waals surface area (Å²) in [5, 5.41) is 0. The summed E-state index contributed by atoms with van der Waals surface area (Å²) >= 11 is 0. The summed E-state index contributed by atoms with van der Waals surface area (Å²) in [6.45, 7) is 0. The van der Waals surface area contributed by atoms with Crippen molar-refractivity contribution >= 4 is 94.4 Å². The average molecular weight is 269 g/mol. The topological polar surface area (TPSA) is 0 Å². The van der Waals surface area contributed by atoms with Gasteiger partial charge in [0.25, 0.3) is 0 Å². The summed E-state index contributed by atoms with van der Waals surface area (Å²) in [6, 6.07) is 0. The van der Waals surface area contributed by atoms with Crippen molar-refractivity contribution in [3.05, 3.63) is 0 Å². The second-order valence-electron chi connectivity index (χ2n) is 0. The molecule has 0 aliphatic carbocycles. The Morgan fingerprint density at radius 2 is 0.750 bits per heavy atom. The molecule has 0 amide bonds. The van der Waals surface area contributed by atoms with Crippen molar-refractivity contribution in [3.63, 3.8) is 0 Å². The van der Waals surface area contributed by atoms with E-state index in [-0.39, 0.29) is 104 Å². The predicted molar refractivity (Wildman–Crippen MR) is 22.1 cm³/mol. The van der Waals surface area contributed by atoms with Crippen LogP contribution >= 0.6 is 0 Å². The van der Waals surface area contributed by atoms with Crippen molar-refractivity contribution in [1.29, 1.82) is 0 Å². The summed E-state index contributed by atoms with van der Waals surface area (Å²) in [6.07, 6.45) is 0. The zero-order valence-corrected chi connectivity index (χ0v) is 0.816. The van der Waals surface area contributed by atoms with Crippen LogP contribution in [0, 0.1) is 0 Å². The average Bonchev–Trinajstić information content (AvgIpc) is 0. The number of halogens is 2.